The van der Waals surface area contributed by atoms with Crippen molar-refractivity contribution in [2.24, 2.45) is 0 Å². The first kappa shape index (κ1) is 10.8. The molecule has 0 spiro atoms. The molecule has 1 aromatic rings. The summed E-state index contributed by atoms with van der Waals surface area (Å²) >= 11 is 0. The van der Waals surface area contributed by atoms with Gasteiger partial charge in [-0.25, -0.2) is 4.79 Å². The van der Waals surface area contributed by atoms with Crippen LogP contribution in [0.4, 0.5) is 0 Å². The van der Waals surface area contributed by atoms with Crippen molar-refractivity contribution in [3.63, 3.8) is 0 Å². The smallest absolute Gasteiger partial charge is 0.335 e. The minimum Gasteiger partial charge on any atom is -0.478 e. The van der Waals surface area contributed by atoms with Crippen molar-refractivity contribution < 1.29 is 9.90 Å². The molecule has 0 saturated heterocycles. The maximum Gasteiger partial charge on any atom is 0.335 e. The van der Waals surface area contributed by atoms with E-state index >= 15 is 0 Å². The highest BCUT2D eigenvalue weighted by molar-refractivity contribution is 5.89. The number of aromatic carboxylic acids is 1. The third kappa shape index (κ3) is 2.13. The molecule has 0 aromatic heterocycles. The summed E-state index contributed by atoms with van der Waals surface area (Å²) < 4.78 is 0. The number of carboxylic acid groups (broad SMARTS) is 1. The Kier molecular flexibility index (Phi) is 3.69. The summed E-state index contributed by atoms with van der Waals surface area (Å²) in [6.45, 7) is 4.18. The van der Waals surface area contributed by atoms with Crippen LogP contribution in [0.3, 0.4) is 0 Å². The molecule has 2 heteroatoms. The maximum atomic E-state index is 11.0. The van der Waals surface area contributed by atoms with E-state index in [4.69, 9.17) is 5.11 Å². The van der Waals surface area contributed by atoms with E-state index in [0.29, 0.717) is 11.5 Å². The van der Waals surface area contributed by atoms with Gasteiger partial charge in [-0.05, 0) is 30.4 Å². The third-order valence-electron chi connectivity index (χ3n) is 2.62. The van der Waals surface area contributed by atoms with Gasteiger partial charge in [-0.15, -0.1) is 0 Å². The average Bonchev–Trinajstić information content (AvgIpc) is 2.20. The SMILES string of the molecule is CCC(CC)c1ccccc1C(=O)O. The number of carbonyl (C=O) groups is 1. The molecule has 1 rings (SSSR count). The van der Waals surface area contributed by atoms with Crippen LogP contribution in [0.25, 0.3) is 0 Å². The molecular formula is C12H16O2. The van der Waals surface area contributed by atoms with Crippen LogP contribution >= 0.6 is 0 Å². The van der Waals surface area contributed by atoms with Crippen molar-refractivity contribution in [2.45, 2.75) is 32.6 Å². The van der Waals surface area contributed by atoms with Crippen molar-refractivity contribution >= 4 is 5.97 Å². The van der Waals surface area contributed by atoms with Gasteiger partial charge in [-0.3, -0.25) is 0 Å². The Morgan fingerprint density at radius 2 is 1.86 bits per heavy atom. The molecule has 0 atom stereocenters. The van der Waals surface area contributed by atoms with E-state index < -0.39 is 5.97 Å². The monoisotopic (exact) mass is 192 g/mol. The van der Waals surface area contributed by atoms with Crippen molar-refractivity contribution in [3.05, 3.63) is 35.4 Å². The normalized spacial score (nSPS) is 10.5. The summed E-state index contributed by atoms with van der Waals surface area (Å²) in [5.74, 6) is -0.463. The molecule has 0 unspecified atom stereocenters. The fourth-order valence-electron chi connectivity index (χ4n) is 1.78. The first-order chi connectivity index (χ1) is 6.70. The van der Waals surface area contributed by atoms with Crippen LogP contribution in [0.2, 0.25) is 0 Å². The second-order valence-electron chi connectivity index (χ2n) is 3.41. The van der Waals surface area contributed by atoms with Crippen LogP contribution < -0.4 is 0 Å². The summed E-state index contributed by atoms with van der Waals surface area (Å²) in [7, 11) is 0. The first-order valence-corrected chi connectivity index (χ1v) is 5.02. The van der Waals surface area contributed by atoms with Crippen molar-refractivity contribution in [1.29, 1.82) is 0 Å². The molecule has 1 N–H and O–H groups in total. The van der Waals surface area contributed by atoms with E-state index in [9.17, 15) is 4.79 Å². The Morgan fingerprint density at radius 3 is 2.36 bits per heavy atom. The average molecular weight is 192 g/mol. The summed E-state index contributed by atoms with van der Waals surface area (Å²) in [6, 6.07) is 7.27. The Labute approximate surface area is 84.6 Å². The summed E-state index contributed by atoms with van der Waals surface area (Å²) in [5.41, 5.74) is 1.41. The topological polar surface area (TPSA) is 37.3 Å². The van der Waals surface area contributed by atoms with E-state index in [2.05, 4.69) is 13.8 Å². The number of carboxylic acids is 1. The van der Waals surface area contributed by atoms with Gasteiger partial charge in [0.2, 0.25) is 0 Å². The molecule has 76 valence electrons. The molecule has 0 radical (unpaired) electrons. The van der Waals surface area contributed by atoms with Crippen LogP contribution in [0.15, 0.2) is 24.3 Å². The van der Waals surface area contributed by atoms with Gasteiger partial charge in [0.15, 0.2) is 0 Å². The minimum atomic E-state index is -0.826. The zero-order chi connectivity index (χ0) is 10.6. The highest BCUT2D eigenvalue weighted by Crippen LogP contribution is 2.25. The lowest BCUT2D eigenvalue weighted by molar-refractivity contribution is 0.0695. The van der Waals surface area contributed by atoms with Crippen molar-refractivity contribution in [2.75, 3.05) is 0 Å². The highest BCUT2D eigenvalue weighted by atomic mass is 16.4. The van der Waals surface area contributed by atoms with E-state index in [-0.39, 0.29) is 0 Å². The largest absolute Gasteiger partial charge is 0.478 e. The van der Waals surface area contributed by atoms with Gasteiger partial charge in [0, 0.05) is 0 Å². The molecule has 0 aliphatic heterocycles. The number of rotatable bonds is 4. The van der Waals surface area contributed by atoms with Crippen LogP contribution in [0, 0.1) is 0 Å². The lowest BCUT2D eigenvalue weighted by atomic mass is 9.90. The van der Waals surface area contributed by atoms with Gasteiger partial charge in [-0.1, -0.05) is 32.0 Å². The molecule has 2 nitrogen and oxygen atoms in total. The van der Waals surface area contributed by atoms with Crippen LogP contribution in [-0.4, -0.2) is 11.1 Å². The van der Waals surface area contributed by atoms with Crippen molar-refractivity contribution in [3.8, 4) is 0 Å². The number of hydrogen-bond donors (Lipinski definition) is 1. The van der Waals surface area contributed by atoms with Crippen LogP contribution in [-0.2, 0) is 0 Å². The zero-order valence-electron chi connectivity index (χ0n) is 8.66. The Bertz CT molecular complexity index is 314. The lowest BCUT2D eigenvalue weighted by Crippen LogP contribution is -2.06. The van der Waals surface area contributed by atoms with Gasteiger partial charge >= 0.3 is 5.97 Å². The Hall–Kier alpha value is -1.31. The molecule has 0 saturated carbocycles. The van der Waals surface area contributed by atoms with Crippen LogP contribution in [0.5, 0.6) is 0 Å². The summed E-state index contributed by atoms with van der Waals surface area (Å²) in [6.07, 6.45) is 1.97. The molecule has 1 aromatic carbocycles. The van der Waals surface area contributed by atoms with Gasteiger partial charge in [-0.2, -0.15) is 0 Å². The molecule has 0 amide bonds. The standard InChI is InChI=1S/C12H16O2/c1-3-9(4-2)10-7-5-6-8-11(10)12(13)14/h5-9H,3-4H2,1-2H3,(H,13,14). The molecule has 0 aliphatic rings. The van der Waals surface area contributed by atoms with Crippen molar-refractivity contribution in [1.82, 2.24) is 0 Å². The molecule has 0 heterocycles. The molecule has 0 fully saturated rings. The molecule has 14 heavy (non-hydrogen) atoms. The van der Waals surface area contributed by atoms with E-state index in [1.54, 1.807) is 12.1 Å². The molecule has 0 aliphatic carbocycles. The van der Waals surface area contributed by atoms with Gasteiger partial charge in [0.25, 0.3) is 0 Å². The molecular weight excluding hydrogens is 176 g/mol. The molecule has 0 bridgehead atoms. The summed E-state index contributed by atoms with van der Waals surface area (Å²) in [5, 5.41) is 9.01. The Morgan fingerprint density at radius 1 is 1.29 bits per heavy atom. The highest BCUT2D eigenvalue weighted by Gasteiger charge is 2.15. The second-order valence-corrected chi connectivity index (χ2v) is 3.41. The number of hydrogen-bond acceptors (Lipinski definition) is 1. The summed E-state index contributed by atoms with van der Waals surface area (Å²) in [4.78, 5) is 11.0. The Balaban J connectivity index is 3.11. The quantitative estimate of drug-likeness (QED) is 0.794. The predicted molar refractivity (Wildman–Crippen MR) is 56.7 cm³/mol. The van der Waals surface area contributed by atoms with Gasteiger partial charge in [0.1, 0.15) is 0 Å². The van der Waals surface area contributed by atoms with E-state index in [1.807, 2.05) is 12.1 Å². The zero-order valence-corrected chi connectivity index (χ0v) is 8.66. The second kappa shape index (κ2) is 4.80. The maximum absolute atomic E-state index is 11.0. The van der Waals surface area contributed by atoms with E-state index in [1.165, 1.54) is 0 Å². The van der Waals surface area contributed by atoms with Gasteiger partial charge in [0.05, 0.1) is 5.56 Å². The fraction of sp³-hybridized carbons (Fsp3) is 0.417. The number of benzene rings is 1. The van der Waals surface area contributed by atoms with Crippen LogP contribution in [0.1, 0.15) is 48.5 Å². The van der Waals surface area contributed by atoms with E-state index in [0.717, 1.165) is 18.4 Å². The van der Waals surface area contributed by atoms with Gasteiger partial charge < -0.3 is 5.11 Å². The predicted octanol–water partition coefficient (Wildman–Crippen LogP) is 3.29. The lowest BCUT2D eigenvalue weighted by Gasteiger charge is -2.14. The minimum absolute atomic E-state index is 0.363. The third-order valence-corrected chi connectivity index (χ3v) is 2.62. The first-order valence-electron chi connectivity index (χ1n) is 5.02. The fourth-order valence-corrected chi connectivity index (χ4v) is 1.78.